The molecule has 0 saturated heterocycles. The average molecular weight is 245 g/mol. The molecule has 1 aromatic heterocycles. The lowest BCUT2D eigenvalue weighted by molar-refractivity contribution is -0.136. The Labute approximate surface area is 96.1 Å². The van der Waals surface area contributed by atoms with E-state index in [0.29, 0.717) is 18.8 Å². The van der Waals surface area contributed by atoms with Gasteiger partial charge in [0.2, 0.25) is 0 Å². The Kier molecular flexibility index (Phi) is 4.60. The highest BCUT2D eigenvalue weighted by Crippen LogP contribution is 2.08. The fourth-order valence-electron chi connectivity index (χ4n) is 1.36. The molecule has 2 atom stereocenters. The van der Waals surface area contributed by atoms with Crippen LogP contribution in [0.5, 0.6) is 0 Å². The smallest absolute Gasteiger partial charge is 0.319 e. The SMILES string of the molecule is CCC(C(=O)O)S(=O)Cc1ncnn1CC. The Morgan fingerprint density at radius 1 is 1.62 bits per heavy atom. The van der Waals surface area contributed by atoms with Gasteiger partial charge < -0.3 is 5.11 Å². The molecule has 6 nitrogen and oxygen atoms in total. The van der Waals surface area contributed by atoms with Gasteiger partial charge >= 0.3 is 5.97 Å². The number of aromatic nitrogens is 3. The lowest BCUT2D eigenvalue weighted by atomic mass is 10.3. The summed E-state index contributed by atoms with van der Waals surface area (Å²) in [5.74, 6) is -0.317. The van der Waals surface area contributed by atoms with Crippen LogP contribution in [-0.4, -0.2) is 35.3 Å². The fourth-order valence-corrected chi connectivity index (χ4v) is 2.64. The summed E-state index contributed by atoms with van der Waals surface area (Å²) in [6.45, 7) is 4.24. The second-order valence-electron chi connectivity index (χ2n) is 3.25. The van der Waals surface area contributed by atoms with Crippen LogP contribution in [0.2, 0.25) is 0 Å². The van der Waals surface area contributed by atoms with Gasteiger partial charge in [-0.1, -0.05) is 6.92 Å². The summed E-state index contributed by atoms with van der Waals surface area (Å²) in [6, 6.07) is 0. The van der Waals surface area contributed by atoms with Crippen LogP contribution >= 0.6 is 0 Å². The van der Waals surface area contributed by atoms with E-state index in [2.05, 4.69) is 10.1 Å². The first-order valence-corrected chi connectivity index (χ1v) is 6.45. The molecule has 1 rings (SSSR count). The summed E-state index contributed by atoms with van der Waals surface area (Å²) in [5, 5.41) is 12.0. The first kappa shape index (κ1) is 12.8. The van der Waals surface area contributed by atoms with Crippen molar-refractivity contribution < 1.29 is 14.1 Å². The first-order chi connectivity index (χ1) is 7.60. The molecule has 1 N–H and O–H groups in total. The standard InChI is InChI=1S/C9H15N3O3S/c1-3-7(9(13)14)16(15)5-8-10-6-11-12(8)4-2/h6-7H,3-5H2,1-2H3,(H,13,14). The number of nitrogens with zero attached hydrogens (tertiary/aromatic N) is 3. The van der Waals surface area contributed by atoms with Crippen molar-refractivity contribution in [1.82, 2.24) is 14.8 Å². The van der Waals surface area contributed by atoms with Crippen molar-refractivity contribution in [2.75, 3.05) is 0 Å². The highest BCUT2D eigenvalue weighted by Gasteiger charge is 2.23. The molecule has 0 saturated carbocycles. The van der Waals surface area contributed by atoms with Gasteiger partial charge in [0.05, 0.1) is 5.75 Å². The summed E-state index contributed by atoms with van der Waals surface area (Å²) < 4.78 is 13.4. The molecule has 90 valence electrons. The van der Waals surface area contributed by atoms with Gasteiger partial charge in [0.1, 0.15) is 17.4 Å². The number of aliphatic carboxylic acids is 1. The molecule has 16 heavy (non-hydrogen) atoms. The molecular weight excluding hydrogens is 230 g/mol. The average Bonchev–Trinajstić information content (AvgIpc) is 2.65. The van der Waals surface area contributed by atoms with E-state index in [1.807, 2.05) is 6.92 Å². The molecule has 1 aromatic rings. The maximum absolute atomic E-state index is 11.8. The third-order valence-corrected chi connectivity index (χ3v) is 3.94. The maximum Gasteiger partial charge on any atom is 0.319 e. The molecule has 0 fully saturated rings. The number of hydrogen-bond donors (Lipinski definition) is 1. The van der Waals surface area contributed by atoms with Crippen molar-refractivity contribution in [3.63, 3.8) is 0 Å². The van der Waals surface area contributed by atoms with Gasteiger partial charge in [-0.2, -0.15) is 5.10 Å². The second-order valence-corrected chi connectivity index (χ2v) is 4.87. The fraction of sp³-hybridized carbons (Fsp3) is 0.667. The zero-order valence-corrected chi connectivity index (χ0v) is 10.1. The van der Waals surface area contributed by atoms with E-state index in [-0.39, 0.29) is 5.75 Å². The third-order valence-electron chi connectivity index (χ3n) is 2.23. The van der Waals surface area contributed by atoms with E-state index in [9.17, 15) is 9.00 Å². The lowest BCUT2D eigenvalue weighted by Crippen LogP contribution is -2.26. The van der Waals surface area contributed by atoms with Gasteiger partial charge in [-0.3, -0.25) is 9.00 Å². The number of carboxylic acid groups (broad SMARTS) is 1. The van der Waals surface area contributed by atoms with Crippen molar-refractivity contribution in [3.8, 4) is 0 Å². The number of rotatable bonds is 6. The predicted octanol–water partition coefficient (Wildman–Crippen LogP) is 0.410. The van der Waals surface area contributed by atoms with Gasteiger partial charge in [-0.25, -0.2) is 9.67 Å². The minimum absolute atomic E-state index is 0.138. The van der Waals surface area contributed by atoms with Crippen LogP contribution in [0.4, 0.5) is 0 Å². The van der Waals surface area contributed by atoms with E-state index in [1.165, 1.54) is 6.33 Å². The van der Waals surface area contributed by atoms with Gasteiger partial charge in [-0.15, -0.1) is 0 Å². The summed E-state index contributed by atoms with van der Waals surface area (Å²) in [7, 11) is -1.45. The molecule has 0 radical (unpaired) electrons. The molecule has 0 aliphatic carbocycles. The number of carboxylic acids is 1. The van der Waals surface area contributed by atoms with Crippen molar-refractivity contribution in [2.24, 2.45) is 0 Å². The molecule has 0 aromatic carbocycles. The van der Waals surface area contributed by atoms with Gasteiger partial charge in [0.25, 0.3) is 0 Å². The number of hydrogen-bond acceptors (Lipinski definition) is 4. The quantitative estimate of drug-likeness (QED) is 0.784. The Balaban J connectivity index is 2.74. The lowest BCUT2D eigenvalue weighted by Gasteiger charge is -2.09. The molecule has 7 heteroatoms. The van der Waals surface area contributed by atoms with E-state index >= 15 is 0 Å². The minimum atomic E-state index is -1.45. The van der Waals surface area contributed by atoms with Crippen LogP contribution in [0.25, 0.3) is 0 Å². The zero-order chi connectivity index (χ0) is 12.1. The summed E-state index contributed by atoms with van der Waals surface area (Å²) in [6.07, 6.45) is 1.74. The Morgan fingerprint density at radius 2 is 2.31 bits per heavy atom. The van der Waals surface area contributed by atoms with E-state index in [0.717, 1.165) is 0 Å². The molecule has 0 spiro atoms. The van der Waals surface area contributed by atoms with E-state index in [4.69, 9.17) is 5.11 Å². The predicted molar refractivity (Wildman–Crippen MR) is 59.3 cm³/mol. The van der Waals surface area contributed by atoms with Crippen LogP contribution in [0.15, 0.2) is 6.33 Å². The van der Waals surface area contributed by atoms with Gasteiger partial charge in [-0.05, 0) is 13.3 Å². The van der Waals surface area contributed by atoms with Crippen molar-refractivity contribution >= 4 is 16.8 Å². The highest BCUT2D eigenvalue weighted by molar-refractivity contribution is 7.85. The normalized spacial score (nSPS) is 14.6. The van der Waals surface area contributed by atoms with E-state index < -0.39 is 22.0 Å². The molecule has 2 unspecified atom stereocenters. The summed E-state index contributed by atoms with van der Waals surface area (Å²) in [4.78, 5) is 14.8. The third kappa shape index (κ3) is 2.88. The topological polar surface area (TPSA) is 85.1 Å². The van der Waals surface area contributed by atoms with Crippen LogP contribution in [0.1, 0.15) is 26.1 Å². The summed E-state index contributed by atoms with van der Waals surface area (Å²) >= 11 is 0. The Morgan fingerprint density at radius 3 is 2.81 bits per heavy atom. The van der Waals surface area contributed by atoms with E-state index in [1.54, 1.807) is 11.6 Å². The molecule has 0 amide bonds. The van der Waals surface area contributed by atoms with Crippen molar-refractivity contribution in [1.29, 1.82) is 0 Å². The second kappa shape index (κ2) is 5.74. The Bertz CT molecular complexity index is 391. The van der Waals surface area contributed by atoms with Crippen molar-refractivity contribution in [2.45, 2.75) is 37.8 Å². The molecule has 0 aliphatic rings. The molecular formula is C9H15N3O3S. The number of carbonyl (C=O) groups is 1. The van der Waals surface area contributed by atoms with Crippen LogP contribution < -0.4 is 0 Å². The minimum Gasteiger partial charge on any atom is -0.480 e. The first-order valence-electron chi connectivity index (χ1n) is 5.06. The Hall–Kier alpha value is -1.24. The molecule has 1 heterocycles. The van der Waals surface area contributed by atoms with Crippen LogP contribution in [0, 0.1) is 0 Å². The van der Waals surface area contributed by atoms with Gasteiger partial charge in [0.15, 0.2) is 0 Å². The highest BCUT2D eigenvalue weighted by atomic mass is 32.2. The monoisotopic (exact) mass is 245 g/mol. The summed E-state index contributed by atoms with van der Waals surface area (Å²) in [5.41, 5.74) is 0. The van der Waals surface area contributed by atoms with Crippen LogP contribution in [-0.2, 0) is 27.9 Å². The molecule has 0 aliphatic heterocycles. The van der Waals surface area contributed by atoms with Crippen molar-refractivity contribution in [3.05, 3.63) is 12.2 Å². The largest absolute Gasteiger partial charge is 0.480 e. The van der Waals surface area contributed by atoms with Gasteiger partial charge in [0, 0.05) is 17.3 Å². The molecule has 0 bridgehead atoms. The maximum atomic E-state index is 11.8. The number of aryl methyl sites for hydroxylation is 1. The van der Waals surface area contributed by atoms with Crippen LogP contribution in [0.3, 0.4) is 0 Å². The zero-order valence-electron chi connectivity index (χ0n) is 9.29.